The van der Waals surface area contributed by atoms with Gasteiger partial charge in [-0.15, -0.1) is 23.2 Å². The summed E-state index contributed by atoms with van der Waals surface area (Å²) in [6, 6.07) is 12.0. The summed E-state index contributed by atoms with van der Waals surface area (Å²) >= 11 is 14.3. The van der Waals surface area contributed by atoms with Gasteiger partial charge in [-0.2, -0.15) is 0 Å². The molecule has 0 aromatic heterocycles. The average molecular weight is 766 g/mol. The third-order valence-corrected chi connectivity index (χ3v) is 11.9. The number of aliphatic hydroxyl groups excluding tert-OH is 1. The second-order valence-electron chi connectivity index (χ2n) is 13.1. The minimum absolute atomic E-state index is 0.0106. The van der Waals surface area contributed by atoms with Crippen LogP contribution in [-0.2, 0) is 25.6 Å². The fourth-order valence-corrected chi connectivity index (χ4v) is 8.98. The van der Waals surface area contributed by atoms with E-state index in [0.29, 0.717) is 5.57 Å². The van der Waals surface area contributed by atoms with Crippen LogP contribution in [0.25, 0.3) is 0 Å². The molecule has 16 heteroatoms. The van der Waals surface area contributed by atoms with Crippen molar-refractivity contribution in [3.63, 3.8) is 0 Å². The zero-order valence-electron chi connectivity index (χ0n) is 26.7. The Labute approximate surface area is 302 Å². The van der Waals surface area contributed by atoms with Gasteiger partial charge in [-0.25, -0.2) is 26.9 Å². The number of hydrogen-bond donors (Lipinski definition) is 2. The number of allylic oxidation sites excluding steroid dienone is 2. The summed E-state index contributed by atoms with van der Waals surface area (Å²) in [7, 11) is 0. The molecule has 3 fully saturated rings. The minimum atomic E-state index is -2.64. The maximum absolute atomic E-state index is 15.2. The summed E-state index contributed by atoms with van der Waals surface area (Å²) in [6.07, 6.45) is 1.27. The van der Waals surface area contributed by atoms with E-state index >= 15 is 8.78 Å². The van der Waals surface area contributed by atoms with E-state index in [1.807, 2.05) is 0 Å². The number of carbonyl (C=O) groups excluding carboxylic acids is 4. The standard InChI is InChI=1S/C36H27Cl2F5N2O7/c37-35-15-22-20(9-10-21-23(22)32(49)44(31(21)48)12-11-16-1-5-18(47)6-2-16)24(17-3-7-19(8-4-17)52-14-13-46)36(35,38)34(51)45(33(35)50)30-28(42)26(40)25(39)27(41)29(30)43/h1-9,21-24,46-47H,10-15H2/t21-,22+,23-,24-,35+,36-/m0/s1. The molecule has 6 atom stereocenters. The van der Waals surface area contributed by atoms with Crippen LogP contribution >= 0.6 is 23.2 Å². The summed E-state index contributed by atoms with van der Waals surface area (Å²) < 4.78 is 78.8. The van der Waals surface area contributed by atoms with Gasteiger partial charge in [-0.3, -0.25) is 24.1 Å². The second kappa shape index (κ2) is 12.8. The van der Waals surface area contributed by atoms with Gasteiger partial charge in [0.1, 0.15) is 23.8 Å². The molecule has 7 rings (SSSR count). The number of anilines is 1. The number of alkyl halides is 2. The number of carbonyl (C=O) groups is 4. The number of halogens is 7. The largest absolute Gasteiger partial charge is 0.508 e. The molecule has 2 N–H and O–H groups in total. The Morgan fingerprint density at radius 1 is 0.808 bits per heavy atom. The lowest BCUT2D eigenvalue weighted by atomic mass is 9.56. The Balaban J connectivity index is 1.34. The summed E-state index contributed by atoms with van der Waals surface area (Å²) in [6.45, 7) is -0.385. The Morgan fingerprint density at radius 3 is 2.04 bits per heavy atom. The Kier molecular flexibility index (Phi) is 8.86. The molecule has 0 spiro atoms. The molecule has 3 aromatic carbocycles. The zero-order valence-corrected chi connectivity index (χ0v) is 28.2. The van der Waals surface area contributed by atoms with E-state index in [1.54, 1.807) is 18.2 Å². The van der Waals surface area contributed by atoms with Crippen molar-refractivity contribution in [2.24, 2.45) is 17.8 Å². The van der Waals surface area contributed by atoms with E-state index < -0.39 is 98.2 Å². The van der Waals surface area contributed by atoms with Crippen molar-refractivity contribution in [1.82, 2.24) is 4.90 Å². The number of fused-ring (bicyclic) bond motifs is 4. The highest BCUT2D eigenvalue weighted by Gasteiger charge is 2.77. The molecule has 0 radical (unpaired) electrons. The normalized spacial score (nSPS) is 28.2. The van der Waals surface area contributed by atoms with Crippen LogP contribution in [-0.4, -0.2) is 68.2 Å². The molecule has 2 aliphatic heterocycles. The first-order valence-corrected chi connectivity index (χ1v) is 16.9. The van der Waals surface area contributed by atoms with Crippen LogP contribution in [0.5, 0.6) is 11.5 Å². The molecule has 272 valence electrons. The lowest BCUT2D eigenvalue weighted by molar-refractivity contribution is -0.140. The predicted octanol–water partition coefficient (Wildman–Crippen LogP) is 5.26. The number of phenolic OH excluding ortho intramolecular Hbond substituents is 1. The molecular formula is C36H27Cl2F5N2O7. The molecule has 4 aliphatic rings. The van der Waals surface area contributed by atoms with Crippen LogP contribution in [0.4, 0.5) is 27.6 Å². The maximum Gasteiger partial charge on any atom is 0.258 e. The smallest absolute Gasteiger partial charge is 0.258 e. The number of imide groups is 2. The number of ether oxygens (including phenoxy) is 1. The van der Waals surface area contributed by atoms with Gasteiger partial charge in [0.15, 0.2) is 33.0 Å². The number of benzene rings is 3. The summed E-state index contributed by atoms with van der Waals surface area (Å²) in [4.78, 5) is 52.1. The molecular weight excluding hydrogens is 738 g/mol. The molecule has 4 amide bonds. The van der Waals surface area contributed by atoms with Crippen molar-refractivity contribution >= 4 is 52.5 Å². The van der Waals surface area contributed by atoms with E-state index in [2.05, 4.69) is 0 Å². The highest BCUT2D eigenvalue weighted by Crippen LogP contribution is 2.66. The van der Waals surface area contributed by atoms with E-state index in [9.17, 15) is 37.5 Å². The Bertz CT molecular complexity index is 2040. The third-order valence-electron chi connectivity index (χ3n) is 10.4. The molecule has 52 heavy (non-hydrogen) atoms. The van der Waals surface area contributed by atoms with Crippen molar-refractivity contribution < 1.29 is 56.1 Å². The highest BCUT2D eigenvalue weighted by molar-refractivity contribution is 6.58. The number of aromatic hydroxyl groups is 1. The van der Waals surface area contributed by atoms with Gasteiger partial charge in [0.2, 0.25) is 17.6 Å². The first kappa shape index (κ1) is 35.9. The van der Waals surface area contributed by atoms with Crippen LogP contribution in [0.1, 0.15) is 29.9 Å². The lowest BCUT2D eigenvalue weighted by Crippen LogP contribution is -2.60. The summed E-state index contributed by atoms with van der Waals surface area (Å²) in [5, 5.41) is 18.8. The number of aliphatic hydroxyl groups is 1. The zero-order chi connectivity index (χ0) is 37.4. The first-order chi connectivity index (χ1) is 24.7. The fourth-order valence-electron chi connectivity index (χ4n) is 8.05. The van der Waals surface area contributed by atoms with Crippen LogP contribution in [0.2, 0.25) is 0 Å². The Morgan fingerprint density at radius 2 is 1.42 bits per heavy atom. The third kappa shape index (κ3) is 5.05. The van der Waals surface area contributed by atoms with Crippen molar-refractivity contribution in [3.05, 3.63) is 100 Å². The van der Waals surface area contributed by atoms with Crippen LogP contribution in [0, 0.1) is 46.8 Å². The number of phenols is 1. The Hall–Kier alpha value is -4.53. The topological polar surface area (TPSA) is 124 Å². The van der Waals surface area contributed by atoms with Crippen LogP contribution in [0.15, 0.2) is 60.2 Å². The first-order valence-electron chi connectivity index (χ1n) is 16.1. The second-order valence-corrected chi connectivity index (χ2v) is 14.3. The number of likely N-dealkylation sites (tertiary alicyclic amines) is 1. The SMILES string of the molecule is O=C1[C@H]2[C@H](CC=C3[C@H]2C[C@@]2(Cl)C(=O)N(c4c(F)c(F)c(F)c(F)c4F)C(=O)[C@@]2(Cl)[C@H]3c2ccc(OCCO)cc2)C(=O)N1CCc1ccc(O)cc1. The molecule has 3 aromatic rings. The lowest BCUT2D eigenvalue weighted by Gasteiger charge is -2.50. The van der Waals surface area contributed by atoms with Crippen molar-refractivity contribution in [2.45, 2.75) is 34.9 Å². The predicted molar refractivity (Wildman–Crippen MR) is 174 cm³/mol. The number of rotatable bonds is 8. The monoisotopic (exact) mass is 764 g/mol. The highest BCUT2D eigenvalue weighted by atomic mass is 35.5. The van der Waals surface area contributed by atoms with Crippen LogP contribution < -0.4 is 9.64 Å². The molecule has 2 heterocycles. The van der Waals surface area contributed by atoms with Gasteiger partial charge in [0.25, 0.3) is 11.8 Å². The van der Waals surface area contributed by atoms with Gasteiger partial charge >= 0.3 is 0 Å². The quantitative estimate of drug-likeness (QED) is 0.0801. The van der Waals surface area contributed by atoms with E-state index in [1.165, 1.54) is 36.4 Å². The molecule has 1 saturated carbocycles. The number of hydrogen-bond acceptors (Lipinski definition) is 7. The van der Waals surface area contributed by atoms with Crippen molar-refractivity contribution in [1.29, 1.82) is 0 Å². The van der Waals surface area contributed by atoms with E-state index in [-0.39, 0.29) is 54.6 Å². The van der Waals surface area contributed by atoms with E-state index in [4.69, 9.17) is 33.0 Å². The summed E-state index contributed by atoms with van der Waals surface area (Å²) in [5.41, 5.74) is -0.591. The molecule has 0 unspecified atom stereocenters. The fraction of sp³-hybridized carbons (Fsp3) is 0.333. The van der Waals surface area contributed by atoms with E-state index in [0.717, 1.165) is 10.5 Å². The van der Waals surface area contributed by atoms with Gasteiger partial charge in [-0.05, 0) is 60.6 Å². The van der Waals surface area contributed by atoms with Gasteiger partial charge < -0.3 is 14.9 Å². The van der Waals surface area contributed by atoms with Crippen molar-refractivity contribution in [3.8, 4) is 11.5 Å². The summed E-state index contributed by atoms with van der Waals surface area (Å²) in [5.74, 6) is -20.6. The number of amides is 4. The van der Waals surface area contributed by atoms with Crippen molar-refractivity contribution in [2.75, 3.05) is 24.7 Å². The molecule has 0 bridgehead atoms. The molecule has 9 nitrogen and oxygen atoms in total. The van der Waals surface area contributed by atoms with Gasteiger partial charge in [0.05, 0.1) is 18.4 Å². The van der Waals surface area contributed by atoms with Gasteiger partial charge in [-0.1, -0.05) is 35.9 Å². The molecule has 2 aliphatic carbocycles. The molecule has 2 saturated heterocycles. The van der Waals surface area contributed by atoms with Crippen LogP contribution in [0.3, 0.4) is 0 Å². The average Bonchev–Trinajstić information content (AvgIpc) is 3.46. The van der Waals surface area contributed by atoms with Gasteiger partial charge in [0, 0.05) is 12.5 Å². The number of nitrogens with zero attached hydrogens (tertiary/aromatic N) is 2. The minimum Gasteiger partial charge on any atom is -0.508 e. The maximum atomic E-state index is 15.2.